The highest BCUT2D eigenvalue weighted by molar-refractivity contribution is 4.61. The molecule has 1 rings (SSSR count). The van der Waals surface area contributed by atoms with Gasteiger partial charge in [0, 0.05) is 0 Å². The van der Waals surface area contributed by atoms with Crippen LogP contribution in [0.4, 0.5) is 0 Å². The highest BCUT2D eigenvalue weighted by Crippen LogP contribution is 2.18. The van der Waals surface area contributed by atoms with Crippen molar-refractivity contribution in [2.24, 2.45) is 0 Å². The molecule has 0 unspecified atom stereocenters. The summed E-state index contributed by atoms with van der Waals surface area (Å²) in [4.78, 5) is 4.33. The molecule has 2 heteroatoms. The van der Waals surface area contributed by atoms with Crippen LogP contribution in [0.3, 0.4) is 0 Å². The van der Waals surface area contributed by atoms with Gasteiger partial charge in [-0.2, -0.15) is 0 Å². The Morgan fingerprint density at radius 2 is 1.40 bits per heavy atom. The van der Waals surface area contributed by atoms with Crippen molar-refractivity contribution in [1.82, 2.24) is 0 Å². The van der Waals surface area contributed by atoms with Crippen molar-refractivity contribution in [2.75, 3.05) is 0 Å². The van der Waals surface area contributed by atoms with Crippen LogP contribution in [-0.2, 0) is 4.89 Å². The van der Waals surface area contributed by atoms with E-state index in [0.717, 1.165) is 12.8 Å². The molecule has 0 radical (unpaired) electrons. The van der Waals surface area contributed by atoms with E-state index in [1.54, 1.807) is 0 Å². The largest absolute Gasteiger partial charge is 0.252 e. The second-order valence-electron chi connectivity index (χ2n) is 3.07. The second-order valence-corrected chi connectivity index (χ2v) is 3.07. The van der Waals surface area contributed by atoms with E-state index in [2.05, 4.69) is 4.89 Å². The maximum Gasteiger partial charge on any atom is 0.0927 e. The lowest BCUT2D eigenvalue weighted by molar-refractivity contribution is -0.281. The molecular weight excluding hydrogens is 128 g/mol. The van der Waals surface area contributed by atoms with Gasteiger partial charge in [-0.1, -0.05) is 32.1 Å². The molecule has 0 atom stereocenters. The molecular formula is C8H16O2. The third kappa shape index (κ3) is 2.67. The van der Waals surface area contributed by atoms with Gasteiger partial charge >= 0.3 is 0 Å². The molecule has 0 saturated heterocycles. The highest BCUT2D eigenvalue weighted by Gasteiger charge is 2.10. The van der Waals surface area contributed by atoms with E-state index in [0.29, 0.717) is 0 Å². The number of hydrogen-bond acceptors (Lipinski definition) is 2. The van der Waals surface area contributed by atoms with Gasteiger partial charge in [0.1, 0.15) is 0 Å². The average molecular weight is 144 g/mol. The lowest BCUT2D eigenvalue weighted by Gasteiger charge is -2.15. The molecule has 0 aromatic rings. The third-order valence-electron chi connectivity index (χ3n) is 2.20. The molecule has 60 valence electrons. The van der Waals surface area contributed by atoms with Crippen molar-refractivity contribution in [3.63, 3.8) is 0 Å². The molecule has 0 amide bonds. The van der Waals surface area contributed by atoms with E-state index in [-0.39, 0.29) is 6.10 Å². The fraction of sp³-hybridized carbons (Fsp3) is 1.00. The lowest BCUT2D eigenvalue weighted by Crippen LogP contribution is -2.11. The predicted molar refractivity (Wildman–Crippen MR) is 39.8 cm³/mol. The van der Waals surface area contributed by atoms with Gasteiger partial charge in [0.25, 0.3) is 0 Å². The first-order chi connectivity index (χ1) is 4.93. The van der Waals surface area contributed by atoms with Gasteiger partial charge in [0.05, 0.1) is 6.10 Å². The van der Waals surface area contributed by atoms with Crippen molar-refractivity contribution in [1.29, 1.82) is 0 Å². The first kappa shape index (κ1) is 8.02. The van der Waals surface area contributed by atoms with Crippen molar-refractivity contribution >= 4 is 0 Å². The molecule has 0 spiro atoms. The van der Waals surface area contributed by atoms with Crippen LogP contribution in [0.25, 0.3) is 0 Å². The molecule has 1 N–H and O–H groups in total. The summed E-state index contributed by atoms with van der Waals surface area (Å²) < 4.78 is 0. The monoisotopic (exact) mass is 144 g/mol. The Labute approximate surface area is 62.1 Å². The molecule has 0 heterocycles. The highest BCUT2D eigenvalue weighted by atomic mass is 17.1. The third-order valence-corrected chi connectivity index (χ3v) is 2.20. The molecule has 1 fully saturated rings. The minimum absolute atomic E-state index is 0.125. The van der Waals surface area contributed by atoms with Crippen molar-refractivity contribution in [3.05, 3.63) is 0 Å². The lowest BCUT2D eigenvalue weighted by atomic mass is 9.99. The summed E-state index contributed by atoms with van der Waals surface area (Å²) in [5.74, 6) is 0. The summed E-state index contributed by atoms with van der Waals surface area (Å²) in [5, 5.41) is 8.41. The molecule has 0 aliphatic heterocycles. The summed E-state index contributed by atoms with van der Waals surface area (Å²) in [5.41, 5.74) is 0. The second kappa shape index (κ2) is 4.69. The van der Waals surface area contributed by atoms with E-state index in [1.165, 1.54) is 32.1 Å². The maximum absolute atomic E-state index is 8.41. The van der Waals surface area contributed by atoms with Gasteiger partial charge in [-0.25, -0.2) is 4.89 Å². The zero-order valence-electron chi connectivity index (χ0n) is 6.38. The first-order valence-corrected chi connectivity index (χ1v) is 4.23. The molecule has 10 heavy (non-hydrogen) atoms. The quantitative estimate of drug-likeness (QED) is 0.452. The molecule has 1 aliphatic rings. The van der Waals surface area contributed by atoms with Crippen molar-refractivity contribution in [3.8, 4) is 0 Å². The van der Waals surface area contributed by atoms with Crippen LogP contribution in [0.1, 0.15) is 44.9 Å². The minimum atomic E-state index is 0.125. The summed E-state index contributed by atoms with van der Waals surface area (Å²) >= 11 is 0. The standard InChI is InChI=1S/C8H16O2/c9-10-8-6-4-2-1-3-5-7-8/h8-9H,1-7H2. The topological polar surface area (TPSA) is 29.5 Å². The molecule has 0 aromatic carbocycles. The Kier molecular flexibility index (Phi) is 3.76. The van der Waals surface area contributed by atoms with Crippen LogP contribution in [0.15, 0.2) is 0 Å². The number of hydrogen-bond donors (Lipinski definition) is 1. The summed E-state index contributed by atoms with van der Waals surface area (Å²) in [7, 11) is 0. The van der Waals surface area contributed by atoms with Gasteiger partial charge in [0.2, 0.25) is 0 Å². The molecule has 0 aromatic heterocycles. The zero-order valence-corrected chi connectivity index (χ0v) is 6.38. The fourth-order valence-corrected chi connectivity index (χ4v) is 1.52. The first-order valence-electron chi connectivity index (χ1n) is 4.23. The van der Waals surface area contributed by atoms with Crippen molar-refractivity contribution in [2.45, 2.75) is 51.0 Å². The zero-order chi connectivity index (χ0) is 7.23. The van der Waals surface area contributed by atoms with Gasteiger partial charge < -0.3 is 0 Å². The normalized spacial score (nSPS) is 23.7. The SMILES string of the molecule is OOC1CCCCCCC1. The van der Waals surface area contributed by atoms with Gasteiger partial charge in [-0.3, -0.25) is 5.26 Å². The van der Waals surface area contributed by atoms with Crippen LogP contribution >= 0.6 is 0 Å². The van der Waals surface area contributed by atoms with E-state index >= 15 is 0 Å². The summed E-state index contributed by atoms with van der Waals surface area (Å²) in [6.45, 7) is 0. The molecule has 1 saturated carbocycles. The van der Waals surface area contributed by atoms with E-state index in [4.69, 9.17) is 5.26 Å². The van der Waals surface area contributed by atoms with Crippen LogP contribution in [0.5, 0.6) is 0 Å². The fourth-order valence-electron chi connectivity index (χ4n) is 1.52. The van der Waals surface area contributed by atoms with Crippen LogP contribution in [0.2, 0.25) is 0 Å². The van der Waals surface area contributed by atoms with E-state index in [1.807, 2.05) is 0 Å². The number of rotatable bonds is 1. The smallest absolute Gasteiger partial charge is 0.0927 e. The van der Waals surface area contributed by atoms with Crippen LogP contribution in [0, 0.1) is 0 Å². The van der Waals surface area contributed by atoms with Crippen LogP contribution < -0.4 is 0 Å². The van der Waals surface area contributed by atoms with Crippen LogP contribution in [-0.4, -0.2) is 11.4 Å². The van der Waals surface area contributed by atoms with E-state index < -0.39 is 0 Å². The summed E-state index contributed by atoms with van der Waals surface area (Å²) in [6.07, 6.45) is 8.60. The molecule has 2 nitrogen and oxygen atoms in total. The Bertz CT molecular complexity index is 75.3. The van der Waals surface area contributed by atoms with Gasteiger partial charge in [0.15, 0.2) is 0 Å². The summed E-state index contributed by atoms with van der Waals surface area (Å²) in [6, 6.07) is 0. The molecule has 1 aliphatic carbocycles. The Balaban J connectivity index is 2.16. The van der Waals surface area contributed by atoms with Gasteiger partial charge in [-0.05, 0) is 12.8 Å². The Morgan fingerprint density at radius 3 is 1.90 bits per heavy atom. The maximum atomic E-state index is 8.41. The van der Waals surface area contributed by atoms with Crippen molar-refractivity contribution < 1.29 is 10.1 Å². The average Bonchev–Trinajstić information content (AvgIpc) is 1.87. The molecule has 0 bridgehead atoms. The van der Waals surface area contributed by atoms with Gasteiger partial charge in [-0.15, -0.1) is 0 Å². The predicted octanol–water partition coefficient (Wildman–Crippen LogP) is 2.59. The minimum Gasteiger partial charge on any atom is -0.252 e. The Morgan fingerprint density at radius 1 is 0.900 bits per heavy atom. The van der Waals surface area contributed by atoms with E-state index in [9.17, 15) is 0 Å². The Hall–Kier alpha value is -0.0800.